The molecule has 1 aliphatic heterocycles. The van der Waals surface area contributed by atoms with E-state index in [1.165, 1.54) is 0 Å². The summed E-state index contributed by atoms with van der Waals surface area (Å²) >= 11 is 0. The Kier molecular flexibility index (Phi) is 3.17. The predicted molar refractivity (Wildman–Crippen MR) is 75.1 cm³/mol. The molecule has 1 saturated heterocycles. The van der Waals surface area contributed by atoms with Gasteiger partial charge in [-0.05, 0) is 19.1 Å². The first kappa shape index (κ1) is 12.1. The second-order valence-electron chi connectivity index (χ2n) is 4.99. The van der Waals surface area contributed by atoms with Gasteiger partial charge < -0.3 is 10.2 Å². The van der Waals surface area contributed by atoms with Gasteiger partial charge in [-0.1, -0.05) is 18.2 Å². The molecule has 0 spiro atoms. The Morgan fingerprint density at radius 3 is 3.05 bits per heavy atom. The molecule has 1 atom stereocenters. The molecule has 4 heteroatoms. The van der Waals surface area contributed by atoms with E-state index in [1.54, 1.807) is 6.20 Å². The quantitative estimate of drug-likeness (QED) is 0.843. The van der Waals surface area contributed by atoms with Crippen LogP contribution < -0.4 is 5.32 Å². The molecule has 1 aromatic heterocycles. The number of amides is 1. The molecule has 1 unspecified atom stereocenters. The highest BCUT2D eigenvalue weighted by Gasteiger charge is 2.23. The van der Waals surface area contributed by atoms with E-state index in [-0.39, 0.29) is 5.91 Å². The Labute approximate surface area is 112 Å². The third-order valence-electron chi connectivity index (χ3n) is 3.52. The lowest BCUT2D eigenvalue weighted by molar-refractivity contribution is 0.0711. The molecule has 0 aliphatic carbocycles. The second kappa shape index (κ2) is 4.97. The molecule has 2 heterocycles. The molecular weight excluding hydrogens is 238 g/mol. The molecule has 1 aromatic carbocycles. The van der Waals surface area contributed by atoms with Crippen molar-refractivity contribution in [1.29, 1.82) is 0 Å². The number of piperazine rings is 1. The van der Waals surface area contributed by atoms with Crippen LogP contribution in [0.15, 0.2) is 36.5 Å². The average Bonchev–Trinajstić information content (AvgIpc) is 2.46. The van der Waals surface area contributed by atoms with E-state index in [0.717, 1.165) is 30.5 Å². The molecule has 0 bridgehead atoms. The van der Waals surface area contributed by atoms with E-state index in [4.69, 9.17) is 0 Å². The van der Waals surface area contributed by atoms with E-state index in [9.17, 15) is 4.79 Å². The van der Waals surface area contributed by atoms with Gasteiger partial charge in [0.25, 0.3) is 5.91 Å². The van der Waals surface area contributed by atoms with E-state index >= 15 is 0 Å². The fourth-order valence-electron chi connectivity index (χ4n) is 2.56. The summed E-state index contributed by atoms with van der Waals surface area (Å²) in [5, 5.41) is 4.36. The van der Waals surface area contributed by atoms with Crippen LogP contribution in [0.2, 0.25) is 0 Å². The Bertz CT molecular complexity index is 606. The van der Waals surface area contributed by atoms with Crippen molar-refractivity contribution in [3.63, 3.8) is 0 Å². The van der Waals surface area contributed by atoms with Crippen molar-refractivity contribution in [3.8, 4) is 0 Å². The van der Waals surface area contributed by atoms with Gasteiger partial charge in [-0.3, -0.25) is 9.78 Å². The summed E-state index contributed by atoms with van der Waals surface area (Å²) in [6, 6.07) is 10.00. The molecule has 3 rings (SSSR count). The van der Waals surface area contributed by atoms with Crippen LogP contribution in [0.3, 0.4) is 0 Å². The number of rotatable bonds is 1. The fourth-order valence-corrected chi connectivity index (χ4v) is 2.56. The monoisotopic (exact) mass is 255 g/mol. The van der Waals surface area contributed by atoms with E-state index in [0.29, 0.717) is 11.6 Å². The van der Waals surface area contributed by atoms with Crippen LogP contribution in [-0.4, -0.2) is 41.5 Å². The highest BCUT2D eigenvalue weighted by Crippen LogP contribution is 2.18. The lowest BCUT2D eigenvalue weighted by atomic mass is 10.1. The highest BCUT2D eigenvalue weighted by molar-refractivity contribution is 6.05. The van der Waals surface area contributed by atoms with Gasteiger partial charge in [-0.15, -0.1) is 0 Å². The minimum absolute atomic E-state index is 0.0812. The third kappa shape index (κ3) is 2.31. The topological polar surface area (TPSA) is 45.2 Å². The van der Waals surface area contributed by atoms with Crippen LogP contribution in [-0.2, 0) is 0 Å². The number of hydrogen-bond donors (Lipinski definition) is 1. The number of carbonyl (C=O) groups is 1. The number of pyridine rings is 1. The summed E-state index contributed by atoms with van der Waals surface area (Å²) in [5.41, 5.74) is 1.49. The van der Waals surface area contributed by atoms with E-state index in [1.807, 2.05) is 35.2 Å². The lowest BCUT2D eigenvalue weighted by Crippen LogP contribution is -2.51. The molecule has 2 aromatic rings. The predicted octanol–water partition coefficient (Wildman–Crippen LogP) is 1.67. The second-order valence-corrected chi connectivity index (χ2v) is 4.99. The maximum atomic E-state index is 12.6. The summed E-state index contributed by atoms with van der Waals surface area (Å²) in [6.07, 6.45) is 1.74. The maximum absolute atomic E-state index is 12.6. The van der Waals surface area contributed by atoms with Gasteiger partial charge in [0.05, 0.1) is 11.1 Å². The molecule has 0 radical (unpaired) electrons. The van der Waals surface area contributed by atoms with Crippen molar-refractivity contribution < 1.29 is 4.79 Å². The van der Waals surface area contributed by atoms with Gasteiger partial charge in [0, 0.05) is 37.3 Å². The summed E-state index contributed by atoms with van der Waals surface area (Å²) in [4.78, 5) is 18.9. The van der Waals surface area contributed by atoms with Crippen molar-refractivity contribution in [1.82, 2.24) is 15.2 Å². The van der Waals surface area contributed by atoms with Gasteiger partial charge in [0.1, 0.15) is 0 Å². The summed E-state index contributed by atoms with van der Waals surface area (Å²) in [7, 11) is 0. The SMILES string of the molecule is CC1CN(C(=O)c2cccc3cccnc23)CCN1. The van der Waals surface area contributed by atoms with Gasteiger partial charge in [-0.25, -0.2) is 0 Å². The molecule has 4 nitrogen and oxygen atoms in total. The van der Waals surface area contributed by atoms with Crippen LogP contribution in [0.4, 0.5) is 0 Å². The zero-order chi connectivity index (χ0) is 13.2. The molecule has 0 saturated carbocycles. The standard InChI is InChI=1S/C15H17N3O/c1-11-10-18(9-8-16-11)15(19)13-6-2-4-12-5-3-7-17-14(12)13/h2-7,11,16H,8-10H2,1H3. The van der Waals surface area contributed by atoms with Gasteiger partial charge in [-0.2, -0.15) is 0 Å². The lowest BCUT2D eigenvalue weighted by Gasteiger charge is -2.32. The third-order valence-corrected chi connectivity index (χ3v) is 3.52. The minimum Gasteiger partial charge on any atom is -0.336 e. The summed E-state index contributed by atoms with van der Waals surface area (Å²) < 4.78 is 0. The number of aromatic nitrogens is 1. The van der Waals surface area contributed by atoms with Crippen LogP contribution in [0, 0.1) is 0 Å². The Morgan fingerprint density at radius 1 is 1.37 bits per heavy atom. The molecule has 1 N–H and O–H groups in total. The number of hydrogen-bond acceptors (Lipinski definition) is 3. The number of benzene rings is 1. The highest BCUT2D eigenvalue weighted by atomic mass is 16.2. The van der Waals surface area contributed by atoms with Gasteiger partial charge in [0.2, 0.25) is 0 Å². The first-order valence-corrected chi connectivity index (χ1v) is 6.62. The molecular formula is C15H17N3O. The molecule has 19 heavy (non-hydrogen) atoms. The van der Waals surface area contributed by atoms with Crippen molar-refractivity contribution >= 4 is 16.8 Å². The number of carbonyl (C=O) groups excluding carboxylic acids is 1. The summed E-state index contributed by atoms with van der Waals surface area (Å²) in [5.74, 6) is 0.0812. The van der Waals surface area contributed by atoms with Crippen LogP contribution in [0.1, 0.15) is 17.3 Å². The Balaban J connectivity index is 1.97. The molecule has 98 valence electrons. The van der Waals surface area contributed by atoms with Gasteiger partial charge in [0.15, 0.2) is 0 Å². The minimum atomic E-state index is 0.0812. The number of para-hydroxylation sites is 1. The maximum Gasteiger partial charge on any atom is 0.256 e. The van der Waals surface area contributed by atoms with Crippen LogP contribution in [0.5, 0.6) is 0 Å². The Morgan fingerprint density at radius 2 is 2.21 bits per heavy atom. The Hall–Kier alpha value is -1.94. The van der Waals surface area contributed by atoms with E-state index < -0.39 is 0 Å². The zero-order valence-electron chi connectivity index (χ0n) is 11.0. The summed E-state index contributed by atoms with van der Waals surface area (Å²) in [6.45, 7) is 4.46. The van der Waals surface area contributed by atoms with Crippen molar-refractivity contribution in [3.05, 3.63) is 42.1 Å². The van der Waals surface area contributed by atoms with Crippen LogP contribution >= 0.6 is 0 Å². The van der Waals surface area contributed by atoms with Crippen LogP contribution in [0.25, 0.3) is 10.9 Å². The number of nitrogens with one attached hydrogen (secondary N) is 1. The first-order valence-electron chi connectivity index (χ1n) is 6.62. The van der Waals surface area contributed by atoms with Gasteiger partial charge >= 0.3 is 0 Å². The first-order chi connectivity index (χ1) is 9.25. The smallest absolute Gasteiger partial charge is 0.256 e. The molecule has 1 amide bonds. The largest absolute Gasteiger partial charge is 0.336 e. The zero-order valence-corrected chi connectivity index (χ0v) is 11.0. The number of fused-ring (bicyclic) bond motifs is 1. The van der Waals surface area contributed by atoms with E-state index in [2.05, 4.69) is 17.2 Å². The average molecular weight is 255 g/mol. The van der Waals surface area contributed by atoms with Crippen molar-refractivity contribution in [2.24, 2.45) is 0 Å². The molecule has 1 aliphatic rings. The fraction of sp³-hybridized carbons (Fsp3) is 0.333. The number of nitrogens with zero attached hydrogens (tertiary/aromatic N) is 2. The normalized spacial score (nSPS) is 19.6. The van der Waals surface area contributed by atoms with Crippen molar-refractivity contribution in [2.45, 2.75) is 13.0 Å². The molecule has 1 fully saturated rings. The van der Waals surface area contributed by atoms with Crippen molar-refractivity contribution in [2.75, 3.05) is 19.6 Å².